The van der Waals surface area contributed by atoms with Gasteiger partial charge in [-0.3, -0.25) is 9.10 Å². The van der Waals surface area contributed by atoms with Crippen molar-refractivity contribution < 1.29 is 22.7 Å². The highest BCUT2D eigenvalue weighted by Crippen LogP contribution is 2.34. The molecule has 42 heavy (non-hydrogen) atoms. The van der Waals surface area contributed by atoms with Crippen molar-refractivity contribution >= 4 is 51.0 Å². The zero-order valence-corrected chi connectivity index (χ0v) is 26.0. The number of hydrazone groups is 1. The van der Waals surface area contributed by atoms with Gasteiger partial charge in [0.15, 0.2) is 11.5 Å². The summed E-state index contributed by atoms with van der Waals surface area (Å²) < 4.78 is 41.0. The molecule has 0 saturated carbocycles. The predicted molar refractivity (Wildman–Crippen MR) is 166 cm³/mol. The van der Waals surface area contributed by atoms with Crippen molar-refractivity contribution in [2.75, 3.05) is 25.1 Å². The number of halogens is 2. The molecule has 4 aromatic rings. The fourth-order valence-electron chi connectivity index (χ4n) is 4.42. The van der Waals surface area contributed by atoms with Gasteiger partial charge in [0, 0.05) is 28.0 Å². The average molecular weight is 630 g/mol. The van der Waals surface area contributed by atoms with E-state index in [9.17, 15) is 13.2 Å². The Morgan fingerprint density at radius 2 is 1.64 bits per heavy atom. The van der Waals surface area contributed by atoms with E-state index in [1.165, 1.54) is 38.6 Å². The van der Waals surface area contributed by atoms with Crippen LogP contribution in [0.3, 0.4) is 0 Å². The molecule has 9 nitrogen and oxygen atoms in total. The second kappa shape index (κ2) is 12.9. The van der Waals surface area contributed by atoms with Crippen molar-refractivity contribution in [1.29, 1.82) is 0 Å². The Labute approximate surface area is 255 Å². The molecule has 0 aliphatic rings. The van der Waals surface area contributed by atoms with Gasteiger partial charge in [-0.25, -0.2) is 13.8 Å². The molecule has 1 amide bonds. The largest absolute Gasteiger partial charge is 0.493 e. The normalized spacial score (nSPS) is 11.5. The lowest BCUT2D eigenvalue weighted by Gasteiger charge is -2.24. The smallest absolute Gasteiger partial charge is 0.264 e. The number of hydrogen-bond acceptors (Lipinski definition) is 6. The number of benzene rings is 3. The van der Waals surface area contributed by atoms with E-state index in [1.807, 2.05) is 31.4 Å². The number of methoxy groups -OCH3 is 2. The monoisotopic (exact) mass is 628 g/mol. The van der Waals surface area contributed by atoms with E-state index in [0.29, 0.717) is 21.5 Å². The minimum atomic E-state index is -4.14. The number of carbonyl (C=O) groups is 1. The van der Waals surface area contributed by atoms with E-state index in [0.717, 1.165) is 32.5 Å². The molecular formula is C30H30Cl2N4O5S. The molecule has 3 aromatic carbocycles. The molecule has 0 unspecified atom stereocenters. The Balaban J connectivity index is 1.61. The standard InChI is InChI=1S/C30H30Cl2N4O5S/c1-19-6-10-25(11-7-19)42(38,39)35(24-9-13-28(40-4)29(16-24)41-5)18-30(37)34-33-17-22-14-20(2)36(21(22)3)27-15-23(31)8-12-26(27)32/h6-17H,18H2,1-5H3,(H,34,37)/b33-17-. The van der Waals surface area contributed by atoms with Gasteiger partial charge in [0.05, 0.1) is 41.7 Å². The molecule has 0 radical (unpaired) electrons. The first-order valence-electron chi connectivity index (χ1n) is 12.7. The summed E-state index contributed by atoms with van der Waals surface area (Å²) in [5.41, 5.74) is 6.71. The van der Waals surface area contributed by atoms with Crippen LogP contribution in [0.25, 0.3) is 5.69 Å². The van der Waals surface area contributed by atoms with Gasteiger partial charge in [0.25, 0.3) is 15.9 Å². The summed E-state index contributed by atoms with van der Waals surface area (Å²) in [5.74, 6) is 0.0794. The van der Waals surface area contributed by atoms with Gasteiger partial charge >= 0.3 is 0 Å². The van der Waals surface area contributed by atoms with Gasteiger partial charge in [-0.05, 0) is 69.3 Å². The molecule has 12 heteroatoms. The van der Waals surface area contributed by atoms with Crippen molar-refractivity contribution in [2.24, 2.45) is 5.10 Å². The number of carbonyl (C=O) groups excluding carboxylic acids is 1. The molecule has 1 aromatic heterocycles. The third kappa shape index (κ3) is 6.56. The molecule has 0 spiro atoms. The molecule has 0 bridgehead atoms. The molecular weight excluding hydrogens is 599 g/mol. The SMILES string of the molecule is COc1ccc(N(CC(=O)N/N=C\c2cc(C)n(-c3cc(Cl)ccc3Cl)c2C)S(=O)(=O)c2ccc(C)cc2)cc1OC. The van der Waals surface area contributed by atoms with E-state index >= 15 is 0 Å². The highest BCUT2D eigenvalue weighted by Gasteiger charge is 2.28. The second-order valence-electron chi connectivity index (χ2n) is 9.41. The fourth-order valence-corrected chi connectivity index (χ4v) is 6.20. The number of ether oxygens (including phenoxy) is 2. The van der Waals surface area contributed by atoms with Crippen molar-refractivity contribution in [3.8, 4) is 17.2 Å². The maximum absolute atomic E-state index is 13.7. The molecule has 220 valence electrons. The summed E-state index contributed by atoms with van der Waals surface area (Å²) in [4.78, 5) is 13.1. The van der Waals surface area contributed by atoms with Crippen molar-refractivity contribution in [3.63, 3.8) is 0 Å². The third-order valence-corrected chi connectivity index (χ3v) is 8.91. The molecule has 0 aliphatic heterocycles. The fraction of sp³-hybridized carbons (Fsp3) is 0.200. The quantitative estimate of drug-likeness (QED) is 0.170. The van der Waals surface area contributed by atoms with E-state index in [4.69, 9.17) is 32.7 Å². The zero-order valence-electron chi connectivity index (χ0n) is 23.7. The van der Waals surface area contributed by atoms with E-state index in [1.54, 1.807) is 42.5 Å². The number of nitrogens with one attached hydrogen (secondary N) is 1. The highest BCUT2D eigenvalue weighted by atomic mass is 35.5. The number of sulfonamides is 1. The van der Waals surface area contributed by atoms with Crippen LogP contribution in [-0.4, -0.2) is 45.9 Å². The molecule has 0 fully saturated rings. The van der Waals surface area contributed by atoms with Crippen LogP contribution in [-0.2, 0) is 14.8 Å². The van der Waals surface area contributed by atoms with Crippen molar-refractivity contribution in [2.45, 2.75) is 25.7 Å². The second-order valence-corrected chi connectivity index (χ2v) is 12.1. The summed E-state index contributed by atoms with van der Waals surface area (Å²) in [5, 5.41) is 5.18. The summed E-state index contributed by atoms with van der Waals surface area (Å²) in [7, 11) is -1.22. The summed E-state index contributed by atoms with van der Waals surface area (Å²) in [6.07, 6.45) is 1.49. The molecule has 0 saturated heterocycles. The topological polar surface area (TPSA) is 102 Å². The highest BCUT2D eigenvalue weighted by molar-refractivity contribution is 7.92. The van der Waals surface area contributed by atoms with Gasteiger partial charge in [0.1, 0.15) is 6.54 Å². The lowest BCUT2D eigenvalue weighted by atomic mass is 10.2. The third-order valence-electron chi connectivity index (χ3n) is 6.56. The molecule has 1 N–H and O–H groups in total. The van der Waals surface area contributed by atoms with Crippen LogP contribution in [0.15, 0.2) is 76.7 Å². The number of anilines is 1. The van der Waals surface area contributed by atoms with Crippen molar-refractivity contribution in [1.82, 2.24) is 9.99 Å². The lowest BCUT2D eigenvalue weighted by molar-refractivity contribution is -0.119. The minimum absolute atomic E-state index is 0.0336. The first kappa shape index (κ1) is 31.0. The van der Waals surface area contributed by atoms with Crippen LogP contribution in [0.1, 0.15) is 22.5 Å². The maximum atomic E-state index is 13.7. The number of rotatable bonds is 10. The van der Waals surface area contributed by atoms with Gasteiger partial charge in [0.2, 0.25) is 0 Å². The van der Waals surface area contributed by atoms with Crippen LogP contribution in [0.4, 0.5) is 5.69 Å². The Hall–Kier alpha value is -3.99. The molecule has 0 aliphatic carbocycles. The summed E-state index contributed by atoms with van der Waals surface area (Å²) in [6.45, 7) is 5.12. The van der Waals surface area contributed by atoms with E-state index < -0.39 is 22.5 Å². The maximum Gasteiger partial charge on any atom is 0.264 e. The number of amides is 1. The van der Waals surface area contributed by atoms with Gasteiger partial charge in [-0.2, -0.15) is 5.10 Å². The lowest BCUT2D eigenvalue weighted by Crippen LogP contribution is -2.39. The zero-order chi connectivity index (χ0) is 30.6. The molecule has 0 atom stereocenters. The first-order chi connectivity index (χ1) is 20.0. The summed E-state index contributed by atoms with van der Waals surface area (Å²) >= 11 is 12.6. The van der Waals surface area contributed by atoms with Crippen molar-refractivity contribution in [3.05, 3.63) is 99.3 Å². The first-order valence-corrected chi connectivity index (χ1v) is 14.9. The van der Waals surface area contributed by atoms with E-state index in [2.05, 4.69) is 10.5 Å². The Morgan fingerprint density at radius 1 is 0.952 bits per heavy atom. The number of aromatic nitrogens is 1. The van der Waals surface area contributed by atoms with Crippen LogP contribution in [0.5, 0.6) is 11.5 Å². The minimum Gasteiger partial charge on any atom is -0.493 e. The van der Waals surface area contributed by atoms with Crippen LogP contribution in [0.2, 0.25) is 10.0 Å². The van der Waals surface area contributed by atoms with Crippen LogP contribution >= 0.6 is 23.2 Å². The van der Waals surface area contributed by atoms with Gasteiger partial charge in [-0.15, -0.1) is 0 Å². The number of aryl methyl sites for hydroxylation is 2. The van der Waals surface area contributed by atoms with Gasteiger partial charge < -0.3 is 14.0 Å². The van der Waals surface area contributed by atoms with Crippen LogP contribution < -0.4 is 19.2 Å². The Kier molecular flexibility index (Phi) is 9.50. The molecule has 4 rings (SSSR count). The molecule has 1 heterocycles. The number of nitrogens with zero attached hydrogens (tertiary/aromatic N) is 3. The average Bonchev–Trinajstić information content (AvgIpc) is 3.24. The van der Waals surface area contributed by atoms with Gasteiger partial charge in [-0.1, -0.05) is 40.9 Å². The summed E-state index contributed by atoms with van der Waals surface area (Å²) in [6, 6.07) is 18.1. The predicted octanol–water partition coefficient (Wildman–Crippen LogP) is 6.07. The number of hydrogen-bond donors (Lipinski definition) is 1. The Morgan fingerprint density at radius 3 is 2.31 bits per heavy atom. The Bertz CT molecular complexity index is 1750. The van der Waals surface area contributed by atoms with E-state index in [-0.39, 0.29) is 10.6 Å². The van der Waals surface area contributed by atoms with Crippen LogP contribution in [0, 0.1) is 20.8 Å².